The molecule has 1 aromatic rings. The van der Waals surface area contributed by atoms with Crippen LogP contribution in [0.4, 0.5) is 0 Å². The summed E-state index contributed by atoms with van der Waals surface area (Å²) < 4.78 is 5.97. The largest absolute Gasteiger partial charge is 0.469 e. The van der Waals surface area contributed by atoms with Gasteiger partial charge < -0.3 is 15.0 Å². The van der Waals surface area contributed by atoms with Crippen LogP contribution in [0, 0.1) is 18.8 Å². The van der Waals surface area contributed by atoms with Crippen LogP contribution in [-0.4, -0.2) is 44.1 Å². The predicted molar refractivity (Wildman–Crippen MR) is 111 cm³/mol. The first-order chi connectivity index (χ1) is 11.0. The number of hydrogen-bond acceptors (Lipinski definition) is 3. The van der Waals surface area contributed by atoms with Gasteiger partial charge in [0.25, 0.3) is 0 Å². The zero-order valence-corrected chi connectivity index (χ0v) is 18.4. The van der Waals surface area contributed by atoms with Crippen molar-refractivity contribution in [3.8, 4) is 0 Å². The summed E-state index contributed by atoms with van der Waals surface area (Å²) in [7, 11) is 3.22. The van der Waals surface area contributed by atoms with Gasteiger partial charge in [0.05, 0.1) is 13.0 Å². The molecule has 1 saturated heterocycles. The maximum Gasteiger partial charge on any atom is 0.310 e. The van der Waals surface area contributed by atoms with Crippen molar-refractivity contribution in [1.82, 2.24) is 10.2 Å². The second-order valence-corrected chi connectivity index (χ2v) is 6.90. The minimum absolute atomic E-state index is 0. The molecule has 1 aromatic carbocycles. The minimum Gasteiger partial charge on any atom is -0.469 e. The predicted octanol–water partition coefficient (Wildman–Crippen LogP) is 3.19. The number of hydrogen-bond donors (Lipinski definition) is 1. The maximum atomic E-state index is 11.8. The molecular formula is C17H25BrIN3O2. The van der Waals surface area contributed by atoms with Crippen molar-refractivity contribution in [3.63, 3.8) is 0 Å². The van der Waals surface area contributed by atoms with Crippen molar-refractivity contribution in [2.24, 2.45) is 16.8 Å². The van der Waals surface area contributed by atoms with Crippen LogP contribution in [0.25, 0.3) is 0 Å². The van der Waals surface area contributed by atoms with Crippen molar-refractivity contribution in [2.45, 2.75) is 20.4 Å². The minimum atomic E-state index is -0.140. The van der Waals surface area contributed by atoms with Crippen molar-refractivity contribution in [2.75, 3.05) is 27.2 Å². The van der Waals surface area contributed by atoms with Gasteiger partial charge >= 0.3 is 5.97 Å². The number of esters is 1. The average Bonchev–Trinajstić information content (AvgIpc) is 2.90. The molecule has 1 heterocycles. The van der Waals surface area contributed by atoms with Crippen LogP contribution in [0.1, 0.15) is 18.1 Å². The zero-order valence-electron chi connectivity index (χ0n) is 14.5. The van der Waals surface area contributed by atoms with Gasteiger partial charge in [-0.25, -0.2) is 0 Å². The Morgan fingerprint density at radius 2 is 2.17 bits per heavy atom. The van der Waals surface area contributed by atoms with Gasteiger partial charge in [0.2, 0.25) is 0 Å². The van der Waals surface area contributed by atoms with Gasteiger partial charge in [0.1, 0.15) is 0 Å². The van der Waals surface area contributed by atoms with Crippen LogP contribution in [0.15, 0.2) is 27.7 Å². The molecule has 1 fully saturated rings. The summed E-state index contributed by atoms with van der Waals surface area (Å²) in [6.45, 7) is 6.33. The lowest BCUT2D eigenvalue weighted by Gasteiger charge is -2.22. The lowest BCUT2D eigenvalue weighted by atomic mass is 9.99. The van der Waals surface area contributed by atoms with E-state index in [9.17, 15) is 4.79 Å². The molecule has 2 atom stereocenters. The summed E-state index contributed by atoms with van der Waals surface area (Å²) in [5.74, 6) is 0.855. The number of nitrogens with zero attached hydrogens (tertiary/aromatic N) is 2. The van der Waals surface area contributed by atoms with E-state index in [2.05, 4.69) is 57.1 Å². The summed E-state index contributed by atoms with van der Waals surface area (Å²) in [4.78, 5) is 18.3. The van der Waals surface area contributed by atoms with Gasteiger partial charge in [-0.1, -0.05) is 28.9 Å². The van der Waals surface area contributed by atoms with Crippen LogP contribution >= 0.6 is 39.9 Å². The second-order valence-electron chi connectivity index (χ2n) is 5.98. The van der Waals surface area contributed by atoms with Crippen molar-refractivity contribution >= 4 is 51.8 Å². The van der Waals surface area contributed by atoms with E-state index in [0.29, 0.717) is 13.1 Å². The van der Waals surface area contributed by atoms with E-state index >= 15 is 0 Å². The SMILES string of the molecule is CN=C(NCc1ccc(Br)cc1C)N1CC(C)C(C(=O)OC)C1.I. The molecule has 0 spiro atoms. The number of ether oxygens (including phenoxy) is 1. The van der Waals surface area contributed by atoms with Gasteiger partial charge in [-0.05, 0) is 36.1 Å². The van der Waals surface area contributed by atoms with Gasteiger partial charge in [0.15, 0.2) is 5.96 Å². The van der Waals surface area contributed by atoms with Gasteiger partial charge in [-0.15, -0.1) is 24.0 Å². The molecule has 7 heteroatoms. The molecule has 1 aliphatic heterocycles. The zero-order chi connectivity index (χ0) is 17.0. The molecule has 2 rings (SSSR count). The first-order valence-corrected chi connectivity index (χ1v) is 8.54. The van der Waals surface area contributed by atoms with Crippen molar-refractivity contribution < 1.29 is 9.53 Å². The number of methoxy groups -OCH3 is 1. The fraction of sp³-hybridized carbons (Fsp3) is 0.529. The molecule has 134 valence electrons. The Morgan fingerprint density at radius 1 is 1.46 bits per heavy atom. The monoisotopic (exact) mass is 509 g/mol. The Labute approximate surface area is 169 Å². The van der Waals surface area contributed by atoms with Crippen LogP contribution in [0.3, 0.4) is 0 Å². The molecule has 0 bridgehead atoms. The normalized spacial score (nSPS) is 20.5. The van der Waals surface area contributed by atoms with Gasteiger partial charge in [-0.3, -0.25) is 9.79 Å². The highest BCUT2D eigenvalue weighted by Crippen LogP contribution is 2.24. The highest BCUT2D eigenvalue weighted by atomic mass is 127. The third-order valence-corrected chi connectivity index (χ3v) is 4.86. The summed E-state index contributed by atoms with van der Waals surface area (Å²) in [5, 5.41) is 3.39. The summed E-state index contributed by atoms with van der Waals surface area (Å²) in [6.07, 6.45) is 0. The van der Waals surface area contributed by atoms with Crippen molar-refractivity contribution in [1.29, 1.82) is 0 Å². The molecule has 0 aliphatic carbocycles. The number of aryl methyl sites for hydroxylation is 1. The number of halogens is 2. The number of benzene rings is 1. The smallest absolute Gasteiger partial charge is 0.310 e. The third-order valence-electron chi connectivity index (χ3n) is 4.37. The summed E-state index contributed by atoms with van der Waals surface area (Å²) in [6, 6.07) is 6.24. The lowest BCUT2D eigenvalue weighted by Crippen LogP contribution is -2.40. The van der Waals surface area contributed by atoms with E-state index in [1.54, 1.807) is 7.05 Å². The van der Waals surface area contributed by atoms with E-state index < -0.39 is 0 Å². The molecule has 24 heavy (non-hydrogen) atoms. The Bertz CT molecular complexity index is 609. The number of carbonyl (C=O) groups excluding carboxylic acids is 1. The Kier molecular flexibility index (Phi) is 8.49. The molecule has 0 aromatic heterocycles. The van der Waals surface area contributed by atoms with Crippen LogP contribution in [0.2, 0.25) is 0 Å². The molecular weight excluding hydrogens is 485 g/mol. The number of guanidine groups is 1. The standard InChI is InChI=1S/C17H24BrN3O2.HI/c1-11-7-14(18)6-5-13(11)8-20-17(19-3)21-9-12(2)15(10-21)16(22)23-4;/h5-7,12,15H,8-10H2,1-4H3,(H,19,20);1H. The van der Waals surface area contributed by atoms with Crippen LogP contribution < -0.4 is 5.32 Å². The van der Waals surface area contributed by atoms with E-state index in [1.165, 1.54) is 18.2 Å². The molecule has 1 N–H and O–H groups in total. The van der Waals surface area contributed by atoms with Crippen molar-refractivity contribution in [3.05, 3.63) is 33.8 Å². The number of aliphatic imine (C=N–C) groups is 1. The molecule has 2 unspecified atom stereocenters. The quantitative estimate of drug-likeness (QED) is 0.294. The molecule has 1 aliphatic rings. The average molecular weight is 510 g/mol. The Hall–Kier alpha value is -0.830. The van der Waals surface area contributed by atoms with Crippen LogP contribution in [0.5, 0.6) is 0 Å². The molecule has 5 nitrogen and oxygen atoms in total. The number of rotatable bonds is 3. The van der Waals surface area contributed by atoms with E-state index in [0.717, 1.165) is 17.0 Å². The summed E-state index contributed by atoms with van der Waals surface area (Å²) in [5.41, 5.74) is 2.45. The first kappa shape index (κ1) is 21.2. The Balaban J connectivity index is 0.00000288. The molecule has 0 saturated carbocycles. The van der Waals surface area contributed by atoms with Crippen LogP contribution in [-0.2, 0) is 16.1 Å². The van der Waals surface area contributed by atoms with Gasteiger partial charge in [-0.2, -0.15) is 0 Å². The maximum absolute atomic E-state index is 11.8. The second kappa shape index (κ2) is 9.60. The third kappa shape index (κ3) is 5.08. The number of likely N-dealkylation sites (tertiary alicyclic amines) is 1. The van der Waals surface area contributed by atoms with E-state index in [4.69, 9.17) is 4.74 Å². The molecule has 0 amide bonds. The highest BCUT2D eigenvalue weighted by Gasteiger charge is 2.36. The number of nitrogens with one attached hydrogen (secondary N) is 1. The number of carbonyl (C=O) groups is 1. The molecule has 0 radical (unpaired) electrons. The Morgan fingerprint density at radius 3 is 2.75 bits per heavy atom. The fourth-order valence-electron chi connectivity index (χ4n) is 2.96. The highest BCUT2D eigenvalue weighted by molar-refractivity contribution is 14.0. The van der Waals surface area contributed by atoms with E-state index in [1.807, 2.05) is 6.07 Å². The first-order valence-electron chi connectivity index (χ1n) is 7.74. The fourth-order valence-corrected chi connectivity index (χ4v) is 3.44. The topological polar surface area (TPSA) is 53.9 Å². The van der Waals surface area contributed by atoms with E-state index in [-0.39, 0.29) is 41.8 Å². The summed E-state index contributed by atoms with van der Waals surface area (Å²) >= 11 is 3.48. The van der Waals surface area contributed by atoms with Gasteiger partial charge in [0, 0.05) is 31.2 Å². The lowest BCUT2D eigenvalue weighted by molar-refractivity contribution is -0.145.